The van der Waals surface area contributed by atoms with Gasteiger partial charge in [0.1, 0.15) is 5.82 Å². The van der Waals surface area contributed by atoms with Gasteiger partial charge in [-0.15, -0.1) is 0 Å². The first-order valence-corrected chi connectivity index (χ1v) is 5.74. The van der Waals surface area contributed by atoms with Crippen molar-refractivity contribution in [3.63, 3.8) is 0 Å². The highest BCUT2D eigenvalue weighted by Gasteiger charge is 2.13. The number of rotatable bonds is 5. The van der Waals surface area contributed by atoms with Crippen LogP contribution in [0.4, 0.5) is 5.82 Å². The van der Waals surface area contributed by atoms with Crippen LogP contribution in [0.2, 0.25) is 5.02 Å². The van der Waals surface area contributed by atoms with E-state index >= 15 is 0 Å². The minimum atomic E-state index is -0.468. The van der Waals surface area contributed by atoms with Gasteiger partial charge >= 0.3 is 0 Å². The van der Waals surface area contributed by atoms with E-state index in [1.165, 1.54) is 12.3 Å². The molecule has 1 heterocycles. The van der Waals surface area contributed by atoms with Crippen LogP contribution in [0.15, 0.2) is 12.3 Å². The second-order valence-corrected chi connectivity index (χ2v) is 4.26. The molecule has 6 nitrogen and oxygen atoms in total. The van der Waals surface area contributed by atoms with E-state index in [4.69, 9.17) is 17.3 Å². The van der Waals surface area contributed by atoms with E-state index in [9.17, 15) is 9.59 Å². The van der Waals surface area contributed by atoms with Gasteiger partial charge in [-0.2, -0.15) is 0 Å². The highest BCUT2D eigenvalue weighted by atomic mass is 35.5. The van der Waals surface area contributed by atoms with E-state index in [0.717, 1.165) is 0 Å². The molecule has 0 aliphatic rings. The molecule has 0 aliphatic carbocycles. The van der Waals surface area contributed by atoms with Gasteiger partial charge in [-0.05, 0) is 13.0 Å². The Kier molecular flexibility index (Phi) is 4.91. The first-order valence-electron chi connectivity index (χ1n) is 5.36. The fourth-order valence-corrected chi connectivity index (χ4v) is 1.67. The van der Waals surface area contributed by atoms with Crippen LogP contribution in [0.3, 0.4) is 0 Å². The lowest BCUT2D eigenvalue weighted by Crippen LogP contribution is -2.35. The summed E-state index contributed by atoms with van der Waals surface area (Å²) in [7, 11) is 1.68. The molecule has 98 valence electrons. The fourth-order valence-electron chi connectivity index (χ4n) is 1.41. The summed E-state index contributed by atoms with van der Waals surface area (Å²) in [5.41, 5.74) is 5.37. The summed E-state index contributed by atoms with van der Waals surface area (Å²) in [4.78, 5) is 26.5. The maximum absolute atomic E-state index is 11.8. The van der Waals surface area contributed by atoms with Gasteiger partial charge in [-0.3, -0.25) is 9.59 Å². The van der Waals surface area contributed by atoms with E-state index in [1.54, 1.807) is 14.0 Å². The van der Waals surface area contributed by atoms with Gasteiger partial charge in [0.05, 0.1) is 10.6 Å². The molecular formula is C11H15ClN4O2. The molecule has 7 heteroatoms. The summed E-state index contributed by atoms with van der Waals surface area (Å²) in [6, 6.07) is 1.17. The van der Waals surface area contributed by atoms with Crippen molar-refractivity contribution in [3.05, 3.63) is 22.8 Å². The minimum Gasteiger partial charge on any atom is -0.372 e. The molecular weight excluding hydrogens is 256 g/mol. The van der Waals surface area contributed by atoms with E-state index in [1.807, 2.05) is 0 Å². The maximum atomic E-state index is 11.8. The van der Waals surface area contributed by atoms with Gasteiger partial charge in [-0.25, -0.2) is 4.98 Å². The zero-order valence-corrected chi connectivity index (χ0v) is 10.9. The molecule has 1 unspecified atom stereocenters. The van der Waals surface area contributed by atoms with Crippen LogP contribution in [-0.2, 0) is 4.79 Å². The third-order valence-corrected chi connectivity index (χ3v) is 2.51. The molecule has 1 rings (SSSR count). The van der Waals surface area contributed by atoms with Crippen molar-refractivity contribution < 1.29 is 9.59 Å². The van der Waals surface area contributed by atoms with Crippen LogP contribution in [0, 0.1) is 0 Å². The summed E-state index contributed by atoms with van der Waals surface area (Å²) in [6.07, 6.45) is 1.49. The van der Waals surface area contributed by atoms with Crippen molar-refractivity contribution in [2.75, 3.05) is 12.4 Å². The van der Waals surface area contributed by atoms with Crippen molar-refractivity contribution >= 4 is 29.2 Å². The molecule has 0 saturated heterocycles. The lowest BCUT2D eigenvalue weighted by Gasteiger charge is -2.12. The van der Waals surface area contributed by atoms with Gasteiger partial charge in [0, 0.05) is 25.7 Å². The molecule has 1 atom stereocenters. The molecule has 0 saturated carbocycles. The number of carbonyl (C=O) groups excluding carboxylic acids is 2. The van der Waals surface area contributed by atoms with Crippen molar-refractivity contribution in [2.45, 2.75) is 19.4 Å². The lowest BCUT2D eigenvalue weighted by molar-refractivity contribution is -0.118. The van der Waals surface area contributed by atoms with Crippen LogP contribution in [0.25, 0.3) is 0 Å². The topological polar surface area (TPSA) is 97.1 Å². The molecule has 4 N–H and O–H groups in total. The maximum Gasteiger partial charge on any atom is 0.253 e. The quantitative estimate of drug-likeness (QED) is 0.736. The number of carbonyl (C=O) groups is 2. The van der Waals surface area contributed by atoms with Crippen LogP contribution < -0.4 is 16.4 Å². The number of aromatic nitrogens is 1. The van der Waals surface area contributed by atoms with E-state index in [0.29, 0.717) is 16.4 Å². The normalized spacial score (nSPS) is 11.7. The Hall–Kier alpha value is -1.82. The summed E-state index contributed by atoms with van der Waals surface area (Å²) in [5, 5.41) is 5.78. The van der Waals surface area contributed by atoms with Crippen LogP contribution in [-0.4, -0.2) is 29.9 Å². The highest BCUT2D eigenvalue weighted by Crippen LogP contribution is 2.19. The highest BCUT2D eigenvalue weighted by molar-refractivity contribution is 6.33. The number of halogens is 1. The number of nitrogens with two attached hydrogens (primary N) is 1. The number of hydrogen-bond acceptors (Lipinski definition) is 4. The molecule has 0 radical (unpaired) electrons. The predicted octanol–water partition coefficient (Wildman–Crippen LogP) is 0.770. The Bertz CT molecular complexity index is 464. The Morgan fingerprint density at radius 1 is 1.56 bits per heavy atom. The Labute approximate surface area is 110 Å². The lowest BCUT2D eigenvalue weighted by atomic mass is 10.2. The third kappa shape index (κ3) is 3.89. The van der Waals surface area contributed by atoms with Crippen molar-refractivity contribution in [3.8, 4) is 0 Å². The molecule has 0 bridgehead atoms. The first kappa shape index (κ1) is 14.2. The Morgan fingerprint density at radius 2 is 2.22 bits per heavy atom. The van der Waals surface area contributed by atoms with Crippen LogP contribution in [0.5, 0.6) is 0 Å². The van der Waals surface area contributed by atoms with Crippen molar-refractivity contribution in [1.29, 1.82) is 0 Å². The number of pyridine rings is 1. The van der Waals surface area contributed by atoms with E-state index < -0.39 is 5.91 Å². The predicted molar refractivity (Wildman–Crippen MR) is 69.5 cm³/mol. The molecule has 18 heavy (non-hydrogen) atoms. The number of nitrogens with one attached hydrogen (secondary N) is 2. The van der Waals surface area contributed by atoms with Crippen LogP contribution >= 0.6 is 11.6 Å². The van der Waals surface area contributed by atoms with Crippen molar-refractivity contribution in [2.24, 2.45) is 5.73 Å². The Morgan fingerprint density at radius 3 is 2.72 bits per heavy atom. The van der Waals surface area contributed by atoms with Gasteiger partial charge in [-0.1, -0.05) is 11.6 Å². The molecule has 0 fully saturated rings. The average molecular weight is 271 g/mol. The SMILES string of the molecule is CNc1ncc(C(=O)NC(C)CC(N)=O)cc1Cl. The van der Waals surface area contributed by atoms with Crippen LogP contribution in [0.1, 0.15) is 23.7 Å². The monoisotopic (exact) mass is 270 g/mol. The molecule has 1 aromatic heterocycles. The molecule has 0 aromatic carbocycles. The number of nitrogens with zero attached hydrogens (tertiary/aromatic N) is 1. The smallest absolute Gasteiger partial charge is 0.253 e. The number of amides is 2. The summed E-state index contributed by atoms with van der Waals surface area (Å²) >= 11 is 5.92. The molecule has 0 spiro atoms. The number of hydrogen-bond donors (Lipinski definition) is 3. The summed E-state index contributed by atoms with van der Waals surface area (Å²) in [5.74, 6) is -0.316. The second-order valence-electron chi connectivity index (χ2n) is 3.85. The van der Waals surface area contributed by atoms with E-state index in [2.05, 4.69) is 15.6 Å². The number of anilines is 1. The summed E-state index contributed by atoms with van der Waals surface area (Å²) < 4.78 is 0. The zero-order chi connectivity index (χ0) is 13.7. The minimum absolute atomic E-state index is 0.0848. The largest absolute Gasteiger partial charge is 0.372 e. The van der Waals surface area contributed by atoms with Crippen molar-refractivity contribution in [1.82, 2.24) is 10.3 Å². The van der Waals surface area contributed by atoms with Gasteiger partial charge in [0.25, 0.3) is 5.91 Å². The summed E-state index contributed by atoms with van der Waals surface area (Å²) in [6.45, 7) is 1.69. The number of primary amides is 1. The van der Waals surface area contributed by atoms with E-state index in [-0.39, 0.29) is 18.4 Å². The molecule has 1 aromatic rings. The second kappa shape index (κ2) is 6.20. The average Bonchev–Trinajstić information content (AvgIpc) is 2.27. The zero-order valence-electron chi connectivity index (χ0n) is 10.2. The fraction of sp³-hybridized carbons (Fsp3) is 0.364. The third-order valence-electron chi connectivity index (χ3n) is 2.23. The van der Waals surface area contributed by atoms with Gasteiger partial charge in [0.15, 0.2) is 0 Å². The Balaban J connectivity index is 2.72. The first-order chi connectivity index (χ1) is 8.43. The van der Waals surface area contributed by atoms with Gasteiger partial charge in [0.2, 0.25) is 5.91 Å². The standard InChI is InChI=1S/C11H15ClN4O2/c1-6(3-9(13)17)16-11(18)7-4-8(12)10(14-2)15-5-7/h4-6H,3H2,1-2H3,(H2,13,17)(H,14,15)(H,16,18). The molecule has 2 amide bonds. The molecule has 0 aliphatic heterocycles. The van der Waals surface area contributed by atoms with Gasteiger partial charge < -0.3 is 16.4 Å².